The summed E-state index contributed by atoms with van der Waals surface area (Å²) >= 11 is 0. The molecule has 3 aromatic rings. The van der Waals surface area contributed by atoms with E-state index in [4.69, 9.17) is 4.74 Å². The molecule has 0 aliphatic rings. The molecule has 0 radical (unpaired) electrons. The molecule has 0 saturated carbocycles. The molecular formula is C20H23NO. The smallest absolute Gasteiger partial charge is 0.119 e. The van der Waals surface area contributed by atoms with Gasteiger partial charge in [-0.1, -0.05) is 57.2 Å². The van der Waals surface area contributed by atoms with Gasteiger partial charge < -0.3 is 9.30 Å². The van der Waals surface area contributed by atoms with Gasteiger partial charge in [-0.05, 0) is 33.9 Å². The highest BCUT2D eigenvalue weighted by molar-refractivity contribution is 5.82. The third-order valence-corrected chi connectivity index (χ3v) is 3.94. The number of rotatable bonds is 4. The Morgan fingerprint density at radius 1 is 0.864 bits per heavy atom. The van der Waals surface area contributed by atoms with Crippen molar-refractivity contribution in [1.29, 1.82) is 0 Å². The second-order valence-electron chi connectivity index (χ2n) is 6.75. The van der Waals surface area contributed by atoms with Gasteiger partial charge >= 0.3 is 0 Å². The minimum Gasteiger partial charge on any atom is -0.492 e. The van der Waals surface area contributed by atoms with E-state index in [9.17, 15) is 0 Å². The highest BCUT2D eigenvalue weighted by atomic mass is 16.5. The zero-order valence-electron chi connectivity index (χ0n) is 13.5. The van der Waals surface area contributed by atoms with Crippen LogP contribution in [0.15, 0.2) is 60.9 Å². The first kappa shape index (κ1) is 14.7. The molecule has 1 aromatic heterocycles. The molecule has 3 rings (SSSR count). The fourth-order valence-corrected chi connectivity index (χ4v) is 2.59. The normalized spacial score (nSPS) is 11.8. The van der Waals surface area contributed by atoms with Crippen molar-refractivity contribution in [1.82, 2.24) is 4.57 Å². The standard InChI is InChI=1S/C20H23NO/c1-20(2,3)18-8-10-19(11-9-18)22-13-12-21-14-16-6-4-5-7-17(16)15-21/h4-11,14-15H,12-13H2,1-3H3. The van der Waals surface area contributed by atoms with E-state index in [1.54, 1.807) is 0 Å². The minimum atomic E-state index is 0.184. The predicted molar refractivity (Wildman–Crippen MR) is 92.6 cm³/mol. The van der Waals surface area contributed by atoms with E-state index in [0.29, 0.717) is 6.61 Å². The van der Waals surface area contributed by atoms with Gasteiger partial charge in [0.2, 0.25) is 0 Å². The molecule has 0 bridgehead atoms. The van der Waals surface area contributed by atoms with Gasteiger partial charge in [0.1, 0.15) is 12.4 Å². The second kappa shape index (κ2) is 5.88. The maximum absolute atomic E-state index is 5.85. The lowest BCUT2D eigenvalue weighted by Crippen LogP contribution is -2.11. The summed E-state index contributed by atoms with van der Waals surface area (Å²) in [5.74, 6) is 0.935. The van der Waals surface area contributed by atoms with E-state index in [-0.39, 0.29) is 5.41 Å². The van der Waals surface area contributed by atoms with Crippen LogP contribution in [-0.2, 0) is 12.0 Å². The zero-order valence-corrected chi connectivity index (χ0v) is 13.5. The van der Waals surface area contributed by atoms with E-state index in [1.807, 2.05) is 0 Å². The van der Waals surface area contributed by atoms with E-state index >= 15 is 0 Å². The minimum absolute atomic E-state index is 0.184. The number of nitrogens with zero attached hydrogens (tertiary/aromatic N) is 1. The third kappa shape index (κ3) is 3.33. The molecule has 1 heterocycles. The van der Waals surface area contributed by atoms with Crippen LogP contribution >= 0.6 is 0 Å². The lowest BCUT2D eigenvalue weighted by atomic mass is 9.87. The van der Waals surface area contributed by atoms with E-state index in [0.717, 1.165) is 12.3 Å². The Balaban J connectivity index is 1.58. The van der Waals surface area contributed by atoms with Crippen molar-refractivity contribution in [2.75, 3.05) is 6.61 Å². The summed E-state index contributed by atoms with van der Waals surface area (Å²) < 4.78 is 8.04. The molecule has 2 nitrogen and oxygen atoms in total. The number of hydrogen-bond acceptors (Lipinski definition) is 1. The molecule has 0 amide bonds. The topological polar surface area (TPSA) is 14.2 Å². The molecule has 0 unspecified atom stereocenters. The van der Waals surface area contributed by atoms with Crippen molar-refractivity contribution < 1.29 is 4.74 Å². The molecular weight excluding hydrogens is 270 g/mol. The maximum atomic E-state index is 5.85. The van der Waals surface area contributed by atoms with Gasteiger partial charge in [0.25, 0.3) is 0 Å². The van der Waals surface area contributed by atoms with Crippen LogP contribution in [0.2, 0.25) is 0 Å². The van der Waals surface area contributed by atoms with E-state index in [1.165, 1.54) is 16.3 Å². The average Bonchev–Trinajstić information content (AvgIpc) is 2.89. The summed E-state index contributed by atoms with van der Waals surface area (Å²) in [5, 5.41) is 2.55. The molecule has 0 saturated heterocycles. The van der Waals surface area contributed by atoms with Crippen LogP contribution in [0.25, 0.3) is 10.8 Å². The van der Waals surface area contributed by atoms with Crippen LogP contribution in [-0.4, -0.2) is 11.2 Å². The van der Waals surface area contributed by atoms with Crippen molar-refractivity contribution in [2.45, 2.75) is 32.7 Å². The van der Waals surface area contributed by atoms with Crippen molar-refractivity contribution in [3.05, 3.63) is 66.5 Å². The first-order valence-corrected chi connectivity index (χ1v) is 7.80. The second-order valence-corrected chi connectivity index (χ2v) is 6.75. The summed E-state index contributed by atoms with van der Waals surface area (Å²) in [4.78, 5) is 0. The zero-order chi connectivity index (χ0) is 15.6. The van der Waals surface area contributed by atoms with Gasteiger partial charge in [0.05, 0.1) is 6.54 Å². The number of aromatic nitrogens is 1. The van der Waals surface area contributed by atoms with Crippen LogP contribution < -0.4 is 4.74 Å². The van der Waals surface area contributed by atoms with Crippen molar-refractivity contribution in [3.63, 3.8) is 0 Å². The molecule has 0 aliphatic heterocycles. The van der Waals surface area contributed by atoms with Gasteiger partial charge in [-0.15, -0.1) is 0 Å². The summed E-state index contributed by atoms with van der Waals surface area (Å²) in [6.07, 6.45) is 4.34. The number of benzene rings is 2. The third-order valence-electron chi connectivity index (χ3n) is 3.94. The first-order chi connectivity index (χ1) is 10.5. The molecule has 22 heavy (non-hydrogen) atoms. The summed E-state index contributed by atoms with van der Waals surface area (Å²) in [5.41, 5.74) is 1.51. The highest BCUT2D eigenvalue weighted by Crippen LogP contribution is 2.24. The Morgan fingerprint density at radius 2 is 1.45 bits per heavy atom. The van der Waals surface area contributed by atoms with Crippen LogP contribution in [0, 0.1) is 0 Å². The van der Waals surface area contributed by atoms with Crippen LogP contribution in [0.5, 0.6) is 5.75 Å². The Labute approximate surface area is 132 Å². The monoisotopic (exact) mass is 293 g/mol. The maximum Gasteiger partial charge on any atom is 0.119 e. The van der Waals surface area contributed by atoms with Gasteiger partial charge in [0, 0.05) is 12.4 Å². The van der Waals surface area contributed by atoms with Crippen LogP contribution in [0.1, 0.15) is 26.3 Å². The lowest BCUT2D eigenvalue weighted by Gasteiger charge is -2.19. The average molecular weight is 293 g/mol. The van der Waals surface area contributed by atoms with E-state index < -0.39 is 0 Å². The largest absolute Gasteiger partial charge is 0.492 e. The highest BCUT2D eigenvalue weighted by Gasteiger charge is 2.12. The van der Waals surface area contributed by atoms with Crippen molar-refractivity contribution in [2.24, 2.45) is 0 Å². The summed E-state index contributed by atoms with van der Waals surface area (Å²) in [7, 11) is 0. The van der Waals surface area contributed by atoms with Crippen LogP contribution in [0.4, 0.5) is 0 Å². The Kier molecular flexibility index (Phi) is 3.93. The van der Waals surface area contributed by atoms with E-state index in [2.05, 4.69) is 86.3 Å². The van der Waals surface area contributed by atoms with Crippen molar-refractivity contribution in [3.8, 4) is 5.75 Å². The molecule has 114 valence electrons. The fourth-order valence-electron chi connectivity index (χ4n) is 2.59. The Morgan fingerprint density at radius 3 is 2.00 bits per heavy atom. The van der Waals surface area contributed by atoms with Crippen molar-refractivity contribution >= 4 is 10.8 Å². The van der Waals surface area contributed by atoms with Crippen LogP contribution in [0.3, 0.4) is 0 Å². The molecule has 2 heteroatoms. The molecule has 0 spiro atoms. The van der Waals surface area contributed by atoms with Gasteiger partial charge in [-0.3, -0.25) is 0 Å². The number of fused-ring (bicyclic) bond motifs is 1. The summed E-state index contributed by atoms with van der Waals surface area (Å²) in [6, 6.07) is 16.8. The van der Waals surface area contributed by atoms with Gasteiger partial charge in [-0.25, -0.2) is 0 Å². The Hall–Kier alpha value is -2.22. The first-order valence-electron chi connectivity index (χ1n) is 7.80. The number of ether oxygens (including phenoxy) is 1. The summed E-state index contributed by atoms with van der Waals surface area (Å²) in [6.45, 7) is 8.20. The number of hydrogen-bond donors (Lipinski definition) is 0. The predicted octanol–water partition coefficient (Wildman–Crippen LogP) is 5.02. The molecule has 0 atom stereocenters. The van der Waals surface area contributed by atoms with Gasteiger partial charge in [-0.2, -0.15) is 0 Å². The molecule has 0 N–H and O–H groups in total. The lowest BCUT2D eigenvalue weighted by molar-refractivity contribution is 0.298. The quantitative estimate of drug-likeness (QED) is 0.659. The Bertz CT molecular complexity index is 714. The SMILES string of the molecule is CC(C)(C)c1ccc(OCCn2cc3ccccc3c2)cc1. The van der Waals surface area contributed by atoms with Gasteiger partial charge in [0.15, 0.2) is 0 Å². The molecule has 0 fully saturated rings. The molecule has 2 aromatic carbocycles. The fraction of sp³-hybridized carbons (Fsp3) is 0.300. The molecule has 0 aliphatic carbocycles.